The minimum atomic E-state index is -0.305. The Labute approximate surface area is 156 Å². The van der Waals surface area contributed by atoms with Gasteiger partial charge in [0, 0.05) is 11.6 Å². The topological polar surface area (TPSA) is 75.1 Å². The number of para-hydroxylation sites is 1. The van der Waals surface area contributed by atoms with Gasteiger partial charge in [0.25, 0.3) is 5.91 Å². The van der Waals surface area contributed by atoms with E-state index >= 15 is 0 Å². The third-order valence-electron chi connectivity index (χ3n) is 4.82. The van der Waals surface area contributed by atoms with Crippen LogP contribution in [0.4, 0.5) is 0 Å². The molecule has 1 fully saturated rings. The zero-order valence-corrected chi connectivity index (χ0v) is 14.7. The summed E-state index contributed by atoms with van der Waals surface area (Å²) in [6, 6.07) is 14.4. The largest absolute Gasteiger partial charge is 0.393 e. The van der Waals surface area contributed by atoms with Crippen LogP contribution in [0.2, 0.25) is 5.02 Å². The number of hydrogen-bond donors (Lipinski definition) is 2. The maximum absolute atomic E-state index is 12.8. The van der Waals surface area contributed by atoms with Crippen LogP contribution in [0, 0.1) is 5.92 Å². The summed E-state index contributed by atoms with van der Waals surface area (Å²) in [5, 5.41) is 14.1. The van der Waals surface area contributed by atoms with Gasteiger partial charge in [0.05, 0.1) is 28.4 Å². The van der Waals surface area contributed by atoms with Crippen molar-refractivity contribution in [3.63, 3.8) is 0 Å². The number of halogens is 1. The van der Waals surface area contributed by atoms with Crippen molar-refractivity contribution in [1.82, 2.24) is 15.3 Å². The molecule has 3 aromatic rings. The molecule has 0 saturated heterocycles. The molecule has 26 heavy (non-hydrogen) atoms. The van der Waals surface area contributed by atoms with E-state index in [4.69, 9.17) is 11.6 Å². The summed E-state index contributed by atoms with van der Waals surface area (Å²) in [5.41, 5.74) is 1.71. The summed E-state index contributed by atoms with van der Waals surface area (Å²) < 4.78 is 0. The number of aliphatic hydroxyl groups excluding tert-OH is 1. The number of rotatable bonds is 4. The normalized spacial score (nSPS) is 20.4. The van der Waals surface area contributed by atoms with Crippen molar-refractivity contribution < 1.29 is 9.90 Å². The average molecular weight is 368 g/mol. The van der Waals surface area contributed by atoms with Gasteiger partial charge in [0.15, 0.2) is 0 Å². The standard InChI is InChI=1S/C20H18ClN3O2/c21-15-5-3-4-12-7-8-17(23-18(12)15)20(26)24-19(13-10-14(25)11-13)16-6-1-2-9-22-16/h1-9,13-14,19,25H,10-11H2,(H,24,26)/t13?,14?,19-/m0/s1. The minimum Gasteiger partial charge on any atom is -0.393 e. The Morgan fingerprint density at radius 2 is 2.00 bits per heavy atom. The highest BCUT2D eigenvalue weighted by Gasteiger charge is 2.36. The number of benzene rings is 1. The Morgan fingerprint density at radius 1 is 1.15 bits per heavy atom. The summed E-state index contributed by atoms with van der Waals surface area (Å²) in [7, 11) is 0. The minimum absolute atomic E-state index is 0.160. The van der Waals surface area contributed by atoms with E-state index in [9.17, 15) is 9.90 Å². The van der Waals surface area contributed by atoms with E-state index in [1.807, 2.05) is 36.4 Å². The average Bonchev–Trinajstić information content (AvgIpc) is 2.64. The van der Waals surface area contributed by atoms with Crippen LogP contribution >= 0.6 is 11.6 Å². The fourth-order valence-corrected chi connectivity index (χ4v) is 3.57. The molecular weight excluding hydrogens is 350 g/mol. The van der Waals surface area contributed by atoms with E-state index in [0.29, 0.717) is 29.1 Å². The van der Waals surface area contributed by atoms with Gasteiger partial charge in [-0.1, -0.05) is 35.9 Å². The first-order valence-electron chi connectivity index (χ1n) is 8.57. The lowest BCUT2D eigenvalue weighted by Crippen LogP contribution is -2.42. The van der Waals surface area contributed by atoms with Gasteiger partial charge in [-0.25, -0.2) is 4.98 Å². The molecule has 2 N–H and O–H groups in total. The van der Waals surface area contributed by atoms with Crippen LogP contribution in [0.3, 0.4) is 0 Å². The lowest BCUT2D eigenvalue weighted by Gasteiger charge is -2.37. The van der Waals surface area contributed by atoms with Crippen molar-refractivity contribution in [3.8, 4) is 0 Å². The molecule has 1 saturated carbocycles. The number of nitrogens with zero attached hydrogens (tertiary/aromatic N) is 2. The zero-order chi connectivity index (χ0) is 18.1. The van der Waals surface area contributed by atoms with Crippen molar-refractivity contribution >= 4 is 28.4 Å². The summed E-state index contributed by atoms with van der Waals surface area (Å²) in [5.74, 6) is -0.114. The highest BCUT2D eigenvalue weighted by Crippen LogP contribution is 2.37. The number of carbonyl (C=O) groups is 1. The molecule has 1 atom stereocenters. The molecule has 0 radical (unpaired) electrons. The molecule has 1 amide bonds. The molecule has 6 heteroatoms. The fourth-order valence-electron chi connectivity index (χ4n) is 3.35. The molecule has 1 aliphatic rings. The quantitative estimate of drug-likeness (QED) is 0.739. The van der Waals surface area contributed by atoms with Gasteiger partial charge in [0.2, 0.25) is 0 Å². The van der Waals surface area contributed by atoms with Crippen molar-refractivity contribution in [2.24, 2.45) is 5.92 Å². The van der Waals surface area contributed by atoms with Crippen LogP contribution in [-0.2, 0) is 0 Å². The number of amides is 1. The molecule has 1 aromatic carbocycles. The SMILES string of the molecule is O=C(N[C@H](c1ccccn1)C1CC(O)C1)c1ccc2cccc(Cl)c2n1. The van der Waals surface area contributed by atoms with E-state index in [-0.39, 0.29) is 24.0 Å². The van der Waals surface area contributed by atoms with Crippen molar-refractivity contribution in [2.75, 3.05) is 0 Å². The smallest absolute Gasteiger partial charge is 0.270 e. The third kappa shape index (κ3) is 3.28. The predicted octanol–water partition coefficient (Wildman–Crippen LogP) is 3.53. The Kier molecular flexibility index (Phi) is 4.57. The van der Waals surface area contributed by atoms with Crippen molar-refractivity contribution in [2.45, 2.75) is 25.0 Å². The van der Waals surface area contributed by atoms with E-state index in [1.54, 1.807) is 18.3 Å². The molecule has 2 heterocycles. The van der Waals surface area contributed by atoms with Gasteiger partial charge in [0.1, 0.15) is 5.69 Å². The Hall–Kier alpha value is -2.50. The Bertz CT molecular complexity index is 942. The summed E-state index contributed by atoms with van der Waals surface area (Å²) in [6.45, 7) is 0. The van der Waals surface area contributed by atoms with Crippen molar-refractivity contribution in [3.05, 3.63) is 71.1 Å². The lowest BCUT2D eigenvalue weighted by molar-refractivity contribution is 0.0228. The second-order valence-electron chi connectivity index (χ2n) is 6.60. The fraction of sp³-hybridized carbons (Fsp3) is 0.250. The van der Waals surface area contributed by atoms with Gasteiger partial charge in [-0.3, -0.25) is 9.78 Å². The van der Waals surface area contributed by atoms with Crippen LogP contribution in [0.15, 0.2) is 54.7 Å². The van der Waals surface area contributed by atoms with Gasteiger partial charge >= 0.3 is 0 Å². The van der Waals surface area contributed by atoms with E-state index in [1.165, 1.54) is 0 Å². The summed E-state index contributed by atoms with van der Waals surface area (Å²) >= 11 is 6.20. The molecule has 0 aliphatic heterocycles. The van der Waals surface area contributed by atoms with E-state index < -0.39 is 0 Å². The molecule has 4 rings (SSSR count). The zero-order valence-electron chi connectivity index (χ0n) is 14.0. The monoisotopic (exact) mass is 367 g/mol. The van der Waals surface area contributed by atoms with Crippen LogP contribution < -0.4 is 5.32 Å². The Morgan fingerprint density at radius 3 is 2.73 bits per heavy atom. The molecule has 0 bridgehead atoms. The molecule has 0 unspecified atom stereocenters. The number of fused-ring (bicyclic) bond motifs is 1. The van der Waals surface area contributed by atoms with Gasteiger partial charge in [-0.2, -0.15) is 0 Å². The highest BCUT2D eigenvalue weighted by molar-refractivity contribution is 6.35. The molecular formula is C20H18ClN3O2. The maximum atomic E-state index is 12.8. The van der Waals surface area contributed by atoms with Crippen LogP contribution in [0.5, 0.6) is 0 Å². The molecule has 132 valence electrons. The maximum Gasteiger partial charge on any atom is 0.270 e. The molecule has 0 spiro atoms. The molecule has 1 aliphatic carbocycles. The Balaban J connectivity index is 1.61. The van der Waals surface area contributed by atoms with Gasteiger partial charge in [-0.05, 0) is 43.0 Å². The van der Waals surface area contributed by atoms with Gasteiger partial charge < -0.3 is 10.4 Å². The third-order valence-corrected chi connectivity index (χ3v) is 5.12. The summed E-state index contributed by atoms with van der Waals surface area (Å²) in [4.78, 5) is 21.6. The second kappa shape index (κ2) is 7.02. The number of carbonyl (C=O) groups excluding carboxylic acids is 1. The van der Waals surface area contributed by atoms with Gasteiger partial charge in [-0.15, -0.1) is 0 Å². The lowest BCUT2D eigenvalue weighted by atomic mass is 9.76. The number of aliphatic hydroxyl groups is 1. The summed E-state index contributed by atoms with van der Waals surface area (Å²) in [6.07, 6.45) is 2.70. The van der Waals surface area contributed by atoms with Crippen molar-refractivity contribution in [1.29, 1.82) is 0 Å². The predicted molar refractivity (Wildman–Crippen MR) is 99.9 cm³/mol. The first-order chi connectivity index (χ1) is 12.6. The van der Waals surface area contributed by atoms with Crippen LogP contribution in [0.1, 0.15) is 35.1 Å². The van der Waals surface area contributed by atoms with Crippen LogP contribution in [0.25, 0.3) is 10.9 Å². The molecule has 2 aromatic heterocycles. The first-order valence-corrected chi connectivity index (χ1v) is 8.95. The highest BCUT2D eigenvalue weighted by atomic mass is 35.5. The number of nitrogens with one attached hydrogen (secondary N) is 1. The first kappa shape index (κ1) is 16.9. The number of pyridine rings is 2. The second-order valence-corrected chi connectivity index (χ2v) is 7.01. The van der Waals surface area contributed by atoms with E-state index in [0.717, 1.165) is 11.1 Å². The van der Waals surface area contributed by atoms with Crippen LogP contribution in [-0.4, -0.2) is 27.1 Å². The number of aromatic nitrogens is 2. The molecule has 5 nitrogen and oxygen atoms in total. The number of hydrogen-bond acceptors (Lipinski definition) is 4. The van der Waals surface area contributed by atoms with E-state index in [2.05, 4.69) is 15.3 Å².